The molecule has 0 aliphatic carbocycles. The van der Waals surface area contributed by atoms with Gasteiger partial charge in [0.2, 0.25) is 5.91 Å². The van der Waals surface area contributed by atoms with Gasteiger partial charge in [0.1, 0.15) is 18.4 Å². The van der Waals surface area contributed by atoms with E-state index in [0.717, 1.165) is 16.8 Å². The number of anilines is 2. The largest absolute Gasteiger partial charge is 0.492 e. The zero-order valence-electron chi connectivity index (χ0n) is 25.0. The molecule has 0 bridgehead atoms. The van der Waals surface area contributed by atoms with E-state index in [1.54, 1.807) is 65.6 Å². The minimum Gasteiger partial charge on any atom is -0.492 e. The molecule has 222 valence electrons. The smallest absolute Gasteiger partial charge is 0.326 e. The first-order chi connectivity index (χ1) is 20.5. The van der Waals surface area contributed by atoms with Crippen molar-refractivity contribution in [2.75, 3.05) is 23.4 Å². The number of carboxylic acid groups (broad SMARTS) is 1. The number of aryl methyl sites for hydroxylation is 1. The zero-order chi connectivity index (χ0) is 31.0. The lowest BCUT2D eigenvalue weighted by Gasteiger charge is -2.29. The van der Waals surface area contributed by atoms with E-state index >= 15 is 0 Å². The van der Waals surface area contributed by atoms with Gasteiger partial charge in [-0.1, -0.05) is 93.1 Å². The Balaban J connectivity index is 1.40. The van der Waals surface area contributed by atoms with E-state index in [1.165, 1.54) is 0 Å². The van der Waals surface area contributed by atoms with Crippen LogP contribution in [0.4, 0.5) is 11.4 Å². The van der Waals surface area contributed by atoms with E-state index in [4.69, 9.17) is 4.74 Å². The third-order valence-electron chi connectivity index (χ3n) is 7.01. The molecule has 1 atom stereocenters. The molecule has 0 fully saturated rings. The number of ketones is 1. The summed E-state index contributed by atoms with van der Waals surface area (Å²) in [7, 11) is 0. The number of hydrogen-bond donors (Lipinski definition) is 2. The minimum atomic E-state index is -1.03. The first-order valence-corrected chi connectivity index (χ1v) is 14.3. The third-order valence-corrected chi connectivity index (χ3v) is 7.01. The molecule has 7 heteroatoms. The lowest BCUT2D eigenvalue weighted by Crippen LogP contribution is -2.41. The minimum absolute atomic E-state index is 0.00885. The lowest BCUT2D eigenvalue weighted by molar-refractivity contribution is -0.137. The maximum absolute atomic E-state index is 13.2. The van der Waals surface area contributed by atoms with Crippen LogP contribution in [0.3, 0.4) is 0 Å². The van der Waals surface area contributed by atoms with Crippen molar-refractivity contribution < 1.29 is 24.2 Å². The molecule has 0 saturated carbocycles. The summed E-state index contributed by atoms with van der Waals surface area (Å²) in [5, 5.41) is 13.0. The summed E-state index contributed by atoms with van der Waals surface area (Å²) in [4.78, 5) is 40.2. The number of rotatable bonds is 12. The fourth-order valence-corrected chi connectivity index (χ4v) is 4.63. The van der Waals surface area contributed by atoms with Crippen LogP contribution >= 0.6 is 0 Å². The number of aliphatic carboxylic acids is 1. The Morgan fingerprint density at radius 1 is 0.837 bits per heavy atom. The summed E-state index contributed by atoms with van der Waals surface area (Å²) in [6.07, 6.45) is 0.199. The molecular formula is C36H38N2O5. The highest BCUT2D eigenvalue weighted by Gasteiger charge is 2.28. The summed E-state index contributed by atoms with van der Waals surface area (Å²) in [6, 6.07) is 30.0. The Hall–Kier alpha value is -4.91. The molecule has 0 aliphatic heterocycles. The monoisotopic (exact) mass is 578 g/mol. The predicted molar refractivity (Wildman–Crippen MR) is 170 cm³/mol. The van der Waals surface area contributed by atoms with E-state index in [1.807, 2.05) is 70.2 Å². The Kier molecular flexibility index (Phi) is 9.99. The molecule has 2 N–H and O–H groups in total. The summed E-state index contributed by atoms with van der Waals surface area (Å²) in [6.45, 7) is 8.38. The second kappa shape index (κ2) is 13.8. The van der Waals surface area contributed by atoms with Crippen molar-refractivity contribution in [2.45, 2.75) is 40.2 Å². The maximum Gasteiger partial charge on any atom is 0.326 e. The van der Waals surface area contributed by atoms with Crippen molar-refractivity contribution in [1.29, 1.82) is 0 Å². The number of hydrogen-bond acceptors (Lipinski definition) is 5. The molecule has 1 amide bonds. The Bertz CT molecular complexity index is 1540. The molecule has 4 aromatic rings. The van der Waals surface area contributed by atoms with Gasteiger partial charge in [-0.25, -0.2) is 4.79 Å². The number of amides is 1. The van der Waals surface area contributed by atoms with Gasteiger partial charge >= 0.3 is 5.97 Å². The molecule has 7 nitrogen and oxygen atoms in total. The molecule has 0 saturated heterocycles. The third kappa shape index (κ3) is 8.32. The van der Waals surface area contributed by atoms with Crippen LogP contribution in [0.2, 0.25) is 0 Å². The van der Waals surface area contributed by atoms with Gasteiger partial charge in [-0.3, -0.25) is 9.59 Å². The fraction of sp³-hybridized carbons (Fsp3) is 0.250. The maximum atomic E-state index is 13.2. The Morgan fingerprint density at radius 3 is 2.09 bits per heavy atom. The molecular weight excluding hydrogens is 540 g/mol. The number of carbonyl (C=O) groups is 3. The van der Waals surface area contributed by atoms with Crippen LogP contribution in [0.1, 0.15) is 47.8 Å². The number of ether oxygens (including phenoxy) is 1. The van der Waals surface area contributed by atoms with Crippen molar-refractivity contribution in [3.63, 3.8) is 0 Å². The van der Waals surface area contributed by atoms with Crippen molar-refractivity contribution in [2.24, 2.45) is 5.41 Å². The van der Waals surface area contributed by atoms with Crippen LogP contribution in [0.25, 0.3) is 0 Å². The highest BCUT2D eigenvalue weighted by Crippen LogP contribution is 2.25. The van der Waals surface area contributed by atoms with Crippen LogP contribution in [0.15, 0.2) is 103 Å². The van der Waals surface area contributed by atoms with Crippen LogP contribution in [0.5, 0.6) is 5.75 Å². The fourth-order valence-electron chi connectivity index (χ4n) is 4.63. The quantitative estimate of drug-likeness (QED) is 0.180. The molecule has 0 spiro atoms. The molecule has 0 aromatic heterocycles. The van der Waals surface area contributed by atoms with Gasteiger partial charge in [0.05, 0.1) is 6.54 Å². The first-order valence-electron chi connectivity index (χ1n) is 14.3. The summed E-state index contributed by atoms with van der Waals surface area (Å²) in [5.41, 5.74) is 3.60. The van der Waals surface area contributed by atoms with Gasteiger partial charge < -0.3 is 20.1 Å². The topological polar surface area (TPSA) is 95.9 Å². The second-order valence-corrected chi connectivity index (χ2v) is 11.5. The van der Waals surface area contributed by atoms with Gasteiger partial charge in [-0.05, 0) is 48.9 Å². The van der Waals surface area contributed by atoms with E-state index < -0.39 is 17.4 Å². The first kappa shape index (κ1) is 31.0. The molecule has 0 aliphatic rings. The van der Waals surface area contributed by atoms with Crippen molar-refractivity contribution in [3.05, 3.63) is 125 Å². The number of nitrogens with zero attached hydrogens (tertiary/aromatic N) is 1. The highest BCUT2D eigenvalue weighted by atomic mass is 16.5. The Morgan fingerprint density at radius 2 is 1.47 bits per heavy atom. The standard InChI is InChI=1S/C36H38N2O5/c1-25-14-18-28(19-15-25)38(35(42)36(2,3)4)22-23-43-29-20-16-26(17-21-29)24-32(34(40)41)37-31-13-9-8-12-30(31)33(39)27-10-6-5-7-11-27/h5-21,32,37H,22-24H2,1-4H3,(H,40,41). The van der Waals surface area contributed by atoms with Crippen LogP contribution in [-0.2, 0) is 16.0 Å². The van der Waals surface area contributed by atoms with Crippen LogP contribution in [-0.4, -0.2) is 42.0 Å². The van der Waals surface area contributed by atoms with Gasteiger partial charge in [0.15, 0.2) is 5.78 Å². The number of nitrogens with one attached hydrogen (secondary N) is 1. The number of carboxylic acids is 1. The van der Waals surface area contributed by atoms with E-state index in [2.05, 4.69) is 5.32 Å². The number of carbonyl (C=O) groups excluding carboxylic acids is 2. The molecule has 0 heterocycles. The molecule has 0 radical (unpaired) electrons. The van der Waals surface area contributed by atoms with E-state index in [9.17, 15) is 19.5 Å². The summed E-state index contributed by atoms with van der Waals surface area (Å²) < 4.78 is 5.97. The van der Waals surface area contributed by atoms with Crippen LogP contribution in [0, 0.1) is 12.3 Å². The molecule has 1 unspecified atom stereocenters. The lowest BCUT2D eigenvalue weighted by atomic mass is 9.94. The van der Waals surface area contributed by atoms with Crippen molar-refractivity contribution in [3.8, 4) is 5.75 Å². The summed E-state index contributed by atoms with van der Waals surface area (Å²) >= 11 is 0. The summed E-state index contributed by atoms with van der Waals surface area (Å²) in [5.74, 6) is -0.578. The second-order valence-electron chi connectivity index (χ2n) is 11.5. The average molecular weight is 579 g/mol. The van der Waals surface area contributed by atoms with Gasteiger partial charge in [-0.2, -0.15) is 0 Å². The predicted octanol–water partition coefficient (Wildman–Crippen LogP) is 6.79. The van der Waals surface area contributed by atoms with Crippen molar-refractivity contribution >= 4 is 29.0 Å². The molecule has 4 aromatic carbocycles. The average Bonchev–Trinajstić information content (AvgIpc) is 3.00. The van der Waals surface area contributed by atoms with Crippen LogP contribution < -0.4 is 15.0 Å². The Labute approximate surface area is 253 Å². The SMILES string of the molecule is Cc1ccc(N(CCOc2ccc(CC(Nc3ccccc3C(=O)c3ccccc3)C(=O)O)cc2)C(=O)C(C)(C)C)cc1. The number of para-hydroxylation sites is 1. The number of benzene rings is 4. The highest BCUT2D eigenvalue weighted by molar-refractivity contribution is 6.12. The zero-order valence-corrected chi connectivity index (χ0v) is 25.0. The normalized spacial score (nSPS) is 11.8. The van der Waals surface area contributed by atoms with Gasteiger partial charge in [-0.15, -0.1) is 0 Å². The van der Waals surface area contributed by atoms with Gasteiger partial charge in [0.25, 0.3) is 0 Å². The molecule has 43 heavy (non-hydrogen) atoms. The van der Waals surface area contributed by atoms with Gasteiger partial charge in [0, 0.05) is 34.3 Å². The van der Waals surface area contributed by atoms with E-state index in [0.29, 0.717) is 35.7 Å². The van der Waals surface area contributed by atoms with Crippen molar-refractivity contribution in [1.82, 2.24) is 0 Å². The molecule has 4 rings (SSSR count). The van der Waals surface area contributed by atoms with E-state index in [-0.39, 0.29) is 18.1 Å².